The van der Waals surface area contributed by atoms with E-state index in [4.69, 9.17) is 9.79 Å². The molecule has 10 heteroatoms. The van der Waals surface area contributed by atoms with Gasteiger partial charge in [0.15, 0.2) is 5.85 Å². The quantitative estimate of drug-likeness (QED) is 0.383. The Bertz CT molecular complexity index is 779. The van der Waals surface area contributed by atoms with Crippen molar-refractivity contribution in [1.82, 2.24) is 0 Å². The monoisotopic (exact) mass is 419 g/mol. The minimum atomic E-state index is -4.79. The van der Waals surface area contributed by atoms with Gasteiger partial charge >= 0.3 is 7.60 Å². The average molecular weight is 420 g/mol. The summed E-state index contributed by atoms with van der Waals surface area (Å²) >= 11 is 4.43. The Morgan fingerprint density at radius 1 is 1.17 bits per heavy atom. The highest BCUT2D eigenvalue weighted by molar-refractivity contribution is 9.10. The molecule has 0 bridgehead atoms. The zero-order valence-corrected chi connectivity index (χ0v) is 14.7. The number of benzene rings is 2. The maximum Gasteiger partial charge on any atom is 0.358 e. The van der Waals surface area contributed by atoms with Gasteiger partial charge in [0.25, 0.3) is 5.69 Å². The van der Waals surface area contributed by atoms with Crippen LogP contribution >= 0.6 is 35.3 Å². The van der Waals surface area contributed by atoms with Gasteiger partial charge in [-0.05, 0) is 35.9 Å². The molecule has 2 aromatic rings. The van der Waals surface area contributed by atoms with Crippen LogP contribution in [0.1, 0.15) is 11.4 Å². The summed E-state index contributed by atoms with van der Waals surface area (Å²) in [6, 6.07) is 10.7. The molecule has 2 aromatic carbocycles. The van der Waals surface area contributed by atoms with Crippen molar-refractivity contribution in [2.24, 2.45) is 0 Å². The molecule has 122 valence electrons. The third-order valence-corrected chi connectivity index (χ3v) is 5.37. The standard InChI is InChI=1S/C13H11BrNO6PS/c14-9-2-4-10(5-3-9)23-12-6-1-8(7-11(12)15(17)18)13(16)22(19,20)21/h1-7,13,16H,(H2,19,20,21). The number of aliphatic hydroxyl groups excluding tert-OH is 1. The first-order chi connectivity index (χ1) is 10.7. The van der Waals surface area contributed by atoms with Crippen molar-refractivity contribution in [3.05, 3.63) is 62.6 Å². The van der Waals surface area contributed by atoms with Gasteiger partial charge in [-0.15, -0.1) is 0 Å². The largest absolute Gasteiger partial charge is 0.376 e. The number of nitro benzene ring substituents is 1. The van der Waals surface area contributed by atoms with Crippen LogP contribution < -0.4 is 0 Å². The molecule has 0 amide bonds. The summed E-state index contributed by atoms with van der Waals surface area (Å²) in [5.74, 6) is -2.09. The van der Waals surface area contributed by atoms with Crippen molar-refractivity contribution in [2.45, 2.75) is 15.6 Å². The van der Waals surface area contributed by atoms with Crippen LogP contribution in [0.5, 0.6) is 0 Å². The van der Waals surface area contributed by atoms with Crippen LogP contribution in [-0.2, 0) is 4.57 Å². The molecule has 3 N–H and O–H groups in total. The van der Waals surface area contributed by atoms with Gasteiger partial charge in [-0.25, -0.2) is 0 Å². The van der Waals surface area contributed by atoms with Gasteiger partial charge in [0.2, 0.25) is 0 Å². The van der Waals surface area contributed by atoms with E-state index >= 15 is 0 Å². The topological polar surface area (TPSA) is 121 Å². The maximum atomic E-state index is 11.2. The fourth-order valence-corrected chi connectivity index (χ4v) is 3.46. The summed E-state index contributed by atoms with van der Waals surface area (Å²) in [5, 5.41) is 20.8. The SMILES string of the molecule is O=[N+]([O-])c1cc(C(O)P(=O)(O)O)ccc1Sc1ccc(Br)cc1. The Labute approximate surface area is 143 Å². The Hall–Kier alpha value is -1.22. The number of halogens is 1. The van der Waals surface area contributed by atoms with Gasteiger partial charge < -0.3 is 14.9 Å². The van der Waals surface area contributed by atoms with Crippen molar-refractivity contribution in [3.8, 4) is 0 Å². The van der Waals surface area contributed by atoms with Crippen LogP contribution in [0.3, 0.4) is 0 Å². The van der Waals surface area contributed by atoms with Crippen molar-refractivity contribution in [3.63, 3.8) is 0 Å². The van der Waals surface area contributed by atoms with E-state index in [1.54, 1.807) is 24.3 Å². The highest BCUT2D eigenvalue weighted by Crippen LogP contribution is 2.50. The number of rotatable bonds is 5. The lowest BCUT2D eigenvalue weighted by Gasteiger charge is -2.13. The van der Waals surface area contributed by atoms with E-state index in [9.17, 15) is 19.8 Å². The highest BCUT2D eigenvalue weighted by Gasteiger charge is 2.30. The smallest absolute Gasteiger partial charge is 0.358 e. The Kier molecular flexibility index (Phi) is 5.61. The first-order valence-electron chi connectivity index (χ1n) is 6.13. The van der Waals surface area contributed by atoms with Gasteiger partial charge in [0.1, 0.15) is 0 Å². The molecule has 0 fully saturated rings. The molecule has 0 spiro atoms. The van der Waals surface area contributed by atoms with E-state index in [0.717, 1.165) is 27.2 Å². The first-order valence-corrected chi connectivity index (χ1v) is 9.42. The molecule has 0 aliphatic heterocycles. The van der Waals surface area contributed by atoms with Gasteiger partial charge in [-0.1, -0.05) is 33.8 Å². The molecule has 7 nitrogen and oxygen atoms in total. The summed E-state index contributed by atoms with van der Waals surface area (Å²) in [4.78, 5) is 29.6. The predicted octanol–water partition coefficient (Wildman–Crippen LogP) is 3.68. The zero-order valence-electron chi connectivity index (χ0n) is 11.4. The van der Waals surface area contributed by atoms with E-state index in [2.05, 4.69) is 15.9 Å². The predicted molar refractivity (Wildman–Crippen MR) is 88.4 cm³/mol. The van der Waals surface area contributed by atoms with Crippen LogP contribution in [0.15, 0.2) is 56.7 Å². The third kappa shape index (κ3) is 4.63. The minimum absolute atomic E-state index is 0.204. The lowest BCUT2D eigenvalue weighted by molar-refractivity contribution is -0.387. The molecule has 0 saturated carbocycles. The molecule has 0 heterocycles. The molecule has 1 atom stereocenters. The molecular weight excluding hydrogens is 409 g/mol. The average Bonchev–Trinajstić information content (AvgIpc) is 2.48. The van der Waals surface area contributed by atoms with E-state index < -0.39 is 18.4 Å². The van der Waals surface area contributed by atoms with Crippen LogP contribution in [-0.4, -0.2) is 19.8 Å². The molecule has 0 aliphatic rings. The highest BCUT2D eigenvalue weighted by atomic mass is 79.9. The van der Waals surface area contributed by atoms with Gasteiger partial charge in [0, 0.05) is 15.4 Å². The lowest BCUT2D eigenvalue weighted by atomic mass is 10.2. The minimum Gasteiger partial charge on any atom is -0.376 e. The van der Waals surface area contributed by atoms with Crippen LogP contribution in [0.25, 0.3) is 0 Å². The van der Waals surface area contributed by atoms with Crippen molar-refractivity contribution < 1.29 is 24.4 Å². The van der Waals surface area contributed by atoms with E-state index in [-0.39, 0.29) is 11.3 Å². The van der Waals surface area contributed by atoms with Crippen LogP contribution in [0.2, 0.25) is 0 Å². The van der Waals surface area contributed by atoms with E-state index in [1.807, 2.05) is 0 Å². The van der Waals surface area contributed by atoms with Gasteiger partial charge in [-0.3, -0.25) is 14.7 Å². The third-order valence-electron chi connectivity index (χ3n) is 2.84. The van der Waals surface area contributed by atoms with Gasteiger partial charge in [-0.2, -0.15) is 0 Å². The van der Waals surface area contributed by atoms with E-state index in [0.29, 0.717) is 4.90 Å². The van der Waals surface area contributed by atoms with Gasteiger partial charge in [0.05, 0.1) is 9.82 Å². The summed E-state index contributed by atoms with van der Waals surface area (Å²) in [7, 11) is -4.79. The molecule has 2 rings (SSSR count). The molecular formula is C13H11BrNO6PS. The zero-order chi connectivity index (χ0) is 17.2. The number of nitro groups is 1. The number of aliphatic hydroxyl groups is 1. The van der Waals surface area contributed by atoms with E-state index in [1.165, 1.54) is 12.1 Å². The summed E-state index contributed by atoms with van der Waals surface area (Å²) in [5.41, 5.74) is -0.534. The molecule has 0 radical (unpaired) electrons. The Balaban J connectivity index is 2.39. The van der Waals surface area contributed by atoms with Crippen molar-refractivity contribution in [1.29, 1.82) is 0 Å². The number of nitrogens with zero attached hydrogens (tertiary/aromatic N) is 1. The summed E-state index contributed by atoms with van der Waals surface area (Å²) in [6.45, 7) is 0. The molecule has 0 saturated heterocycles. The number of hydrogen-bond donors (Lipinski definition) is 3. The second kappa shape index (κ2) is 7.12. The lowest BCUT2D eigenvalue weighted by Crippen LogP contribution is -2.00. The van der Waals surface area contributed by atoms with Crippen LogP contribution in [0, 0.1) is 10.1 Å². The Morgan fingerprint density at radius 3 is 2.30 bits per heavy atom. The normalized spacial score (nSPS) is 12.9. The van der Waals surface area contributed by atoms with Crippen molar-refractivity contribution in [2.75, 3.05) is 0 Å². The molecule has 0 aliphatic carbocycles. The fourth-order valence-electron chi connectivity index (χ4n) is 1.75. The summed E-state index contributed by atoms with van der Waals surface area (Å²) < 4.78 is 12.0. The maximum absolute atomic E-state index is 11.2. The summed E-state index contributed by atoms with van der Waals surface area (Å²) in [6.07, 6.45) is 0. The van der Waals surface area contributed by atoms with Crippen LogP contribution in [0.4, 0.5) is 5.69 Å². The fraction of sp³-hybridized carbons (Fsp3) is 0.0769. The Morgan fingerprint density at radius 2 is 1.78 bits per heavy atom. The second-order valence-electron chi connectivity index (χ2n) is 4.50. The van der Waals surface area contributed by atoms with Crippen molar-refractivity contribution >= 4 is 41.0 Å². The number of hydrogen-bond acceptors (Lipinski definition) is 5. The molecule has 23 heavy (non-hydrogen) atoms. The molecule has 1 unspecified atom stereocenters. The second-order valence-corrected chi connectivity index (χ2v) is 8.20. The first kappa shape index (κ1) is 18.1. The molecule has 0 aromatic heterocycles.